The Morgan fingerprint density at radius 2 is 2.17 bits per heavy atom. The van der Waals surface area contributed by atoms with Crippen LogP contribution in [0.15, 0.2) is 41.1 Å². The van der Waals surface area contributed by atoms with Gasteiger partial charge in [-0.25, -0.2) is 4.98 Å². The molecule has 1 aromatic carbocycles. The number of aryl methyl sites for hydroxylation is 2. The van der Waals surface area contributed by atoms with Gasteiger partial charge in [0.1, 0.15) is 5.76 Å². The lowest BCUT2D eigenvalue weighted by molar-refractivity contribution is -0.0257. The zero-order valence-electron chi connectivity index (χ0n) is 14.1. The van der Waals surface area contributed by atoms with Gasteiger partial charge in [0, 0.05) is 19.5 Å². The fraction of sp³-hybridized carbons (Fsp3) is 0.474. The first-order valence-corrected chi connectivity index (χ1v) is 8.65. The Balaban J connectivity index is 1.51. The third kappa shape index (κ3) is 4.03. The van der Waals surface area contributed by atoms with Crippen molar-refractivity contribution in [3.63, 3.8) is 0 Å². The third-order valence-electron chi connectivity index (χ3n) is 4.42. The van der Waals surface area contributed by atoms with E-state index in [-0.39, 0.29) is 12.0 Å². The molecule has 24 heavy (non-hydrogen) atoms. The molecule has 1 aliphatic rings. The van der Waals surface area contributed by atoms with Crippen molar-refractivity contribution in [1.82, 2.24) is 9.88 Å². The number of morpholine rings is 1. The Morgan fingerprint density at radius 3 is 2.96 bits per heavy atom. The molecule has 1 aliphatic heterocycles. The van der Waals surface area contributed by atoms with Crippen molar-refractivity contribution in [3.05, 3.63) is 53.7 Å². The van der Waals surface area contributed by atoms with Crippen LogP contribution in [0.25, 0.3) is 0 Å². The van der Waals surface area contributed by atoms with Gasteiger partial charge in [0.2, 0.25) is 0 Å². The van der Waals surface area contributed by atoms with Crippen molar-refractivity contribution in [2.24, 2.45) is 0 Å². The van der Waals surface area contributed by atoms with Crippen LogP contribution in [-0.4, -0.2) is 41.6 Å². The first kappa shape index (κ1) is 16.7. The van der Waals surface area contributed by atoms with Crippen molar-refractivity contribution in [2.75, 3.05) is 19.7 Å². The maximum atomic E-state index is 12.6. The molecule has 1 aromatic heterocycles. The minimum absolute atomic E-state index is 0.0445. The maximum absolute atomic E-state index is 12.6. The summed E-state index contributed by atoms with van der Waals surface area (Å²) in [7, 11) is 0. The molecule has 2 aromatic rings. The van der Waals surface area contributed by atoms with Gasteiger partial charge in [0.15, 0.2) is 12.1 Å². The Kier molecular flexibility index (Phi) is 5.64. The smallest absolute Gasteiger partial charge is 0.276 e. The second-order valence-electron chi connectivity index (χ2n) is 6.10. The summed E-state index contributed by atoms with van der Waals surface area (Å²) in [6, 6.07) is 10.5. The lowest BCUT2D eigenvalue weighted by Gasteiger charge is -2.32. The molecule has 128 valence electrons. The third-order valence-corrected chi connectivity index (χ3v) is 4.42. The number of nitrogens with zero attached hydrogens (tertiary/aromatic N) is 2. The number of rotatable bonds is 6. The molecule has 5 nitrogen and oxygen atoms in total. The minimum atomic E-state index is -0.0445. The van der Waals surface area contributed by atoms with Crippen molar-refractivity contribution in [1.29, 1.82) is 0 Å². The number of hydrogen-bond acceptors (Lipinski definition) is 4. The Morgan fingerprint density at radius 1 is 1.33 bits per heavy atom. The summed E-state index contributed by atoms with van der Waals surface area (Å²) in [5.41, 5.74) is 1.79. The molecule has 5 heteroatoms. The largest absolute Gasteiger partial charge is 0.448 e. The van der Waals surface area contributed by atoms with Crippen LogP contribution in [0.2, 0.25) is 0 Å². The number of oxazole rings is 1. The second-order valence-corrected chi connectivity index (χ2v) is 6.10. The number of amides is 1. The van der Waals surface area contributed by atoms with Crippen LogP contribution in [0.1, 0.15) is 41.6 Å². The van der Waals surface area contributed by atoms with Crippen molar-refractivity contribution in [2.45, 2.75) is 38.7 Å². The highest BCUT2D eigenvalue weighted by atomic mass is 16.5. The fourth-order valence-corrected chi connectivity index (χ4v) is 3.10. The minimum Gasteiger partial charge on any atom is -0.448 e. The molecule has 1 atom stereocenters. The SMILES string of the molecule is CCc1ocnc1C(=O)N1CCO[C@H](CCCc2ccccc2)C1. The van der Waals surface area contributed by atoms with Crippen molar-refractivity contribution >= 4 is 5.91 Å². The molecule has 3 rings (SSSR count). The van der Waals surface area contributed by atoms with Crippen molar-refractivity contribution < 1.29 is 13.9 Å². The van der Waals surface area contributed by atoms with E-state index in [1.807, 2.05) is 17.9 Å². The van der Waals surface area contributed by atoms with Crippen LogP contribution in [0.4, 0.5) is 0 Å². The average molecular weight is 328 g/mol. The molecular weight excluding hydrogens is 304 g/mol. The summed E-state index contributed by atoms with van der Waals surface area (Å²) in [5, 5.41) is 0. The number of hydrogen-bond donors (Lipinski definition) is 0. The van der Waals surface area contributed by atoms with Gasteiger partial charge in [-0.05, 0) is 24.8 Å². The van der Waals surface area contributed by atoms with Gasteiger partial charge in [0.05, 0.1) is 12.7 Å². The average Bonchev–Trinajstić information content (AvgIpc) is 3.11. The molecule has 1 fully saturated rings. The highest BCUT2D eigenvalue weighted by Crippen LogP contribution is 2.17. The molecule has 0 aliphatic carbocycles. The molecular formula is C19H24N2O3. The predicted molar refractivity (Wildman–Crippen MR) is 90.9 cm³/mol. The molecule has 0 bridgehead atoms. The normalized spacial score (nSPS) is 17.9. The second kappa shape index (κ2) is 8.11. The van der Waals surface area contributed by atoms with Gasteiger partial charge >= 0.3 is 0 Å². The molecule has 1 amide bonds. The molecule has 2 heterocycles. The van der Waals surface area contributed by atoms with Crippen LogP contribution in [0.5, 0.6) is 0 Å². The molecule has 0 N–H and O–H groups in total. The van der Waals surface area contributed by atoms with E-state index in [0.29, 0.717) is 37.6 Å². The lowest BCUT2D eigenvalue weighted by Crippen LogP contribution is -2.46. The number of carbonyl (C=O) groups is 1. The van der Waals surface area contributed by atoms with Gasteiger partial charge in [-0.2, -0.15) is 0 Å². The number of aromatic nitrogens is 1. The van der Waals surface area contributed by atoms with Gasteiger partial charge < -0.3 is 14.1 Å². The summed E-state index contributed by atoms with van der Waals surface area (Å²) in [4.78, 5) is 18.6. The topological polar surface area (TPSA) is 55.6 Å². The van der Waals surface area contributed by atoms with Crippen molar-refractivity contribution in [3.8, 4) is 0 Å². The summed E-state index contributed by atoms with van der Waals surface area (Å²) in [5.74, 6) is 0.615. The van der Waals surface area contributed by atoms with E-state index in [0.717, 1.165) is 19.3 Å². The monoisotopic (exact) mass is 328 g/mol. The Bertz CT molecular complexity index is 654. The quantitative estimate of drug-likeness (QED) is 0.817. The van der Waals surface area contributed by atoms with Crippen LogP contribution in [0, 0.1) is 0 Å². The summed E-state index contributed by atoms with van der Waals surface area (Å²) >= 11 is 0. The molecule has 1 saturated heterocycles. The van der Waals surface area contributed by atoms with Crippen LogP contribution in [0.3, 0.4) is 0 Å². The first-order chi connectivity index (χ1) is 11.8. The summed E-state index contributed by atoms with van der Waals surface area (Å²) < 4.78 is 11.1. The van der Waals surface area contributed by atoms with E-state index < -0.39 is 0 Å². The molecule has 0 radical (unpaired) electrons. The first-order valence-electron chi connectivity index (χ1n) is 8.65. The lowest BCUT2D eigenvalue weighted by atomic mass is 10.0. The summed E-state index contributed by atoms with van der Waals surface area (Å²) in [6.07, 6.45) is 5.18. The van der Waals surface area contributed by atoms with Crippen LogP contribution < -0.4 is 0 Å². The molecule has 0 spiro atoms. The van der Waals surface area contributed by atoms with Gasteiger partial charge in [-0.1, -0.05) is 37.3 Å². The van der Waals surface area contributed by atoms with E-state index in [2.05, 4.69) is 29.2 Å². The highest BCUT2D eigenvalue weighted by molar-refractivity contribution is 5.93. The Hall–Kier alpha value is -2.14. The van der Waals surface area contributed by atoms with E-state index in [1.54, 1.807) is 0 Å². The highest BCUT2D eigenvalue weighted by Gasteiger charge is 2.27. The van der Waals surface area contributed by atoms with E-state index in [1.165, 1.54) is 12.0 Å². The predicted octanol–water partition coefficient (Wildman–Crippen LogP) is 3.10. The zero-order valence-corrected chi connectivity index (χ0v) is 14.1. The Labute approximate surface area is 142 Å². The molecule has 0 saturated carbocycles. The molecule has 0 unspecified atom stereocenters. The van der Waals surface area contributed by atoms with Gasteiger partial charge in [0.25, 0.3) is 5.91 Å². The standard InChI is InChI=1S/C19H24N2O3/c1-2-17-18(20-14-24-17)19(22)21-11-12-23-16(13-21)10-6-9-15-7-4-3-5-8-15/h3-5,7-8,14,16H,2,6,9-13H2,1H3/t16-/m1/s1. The van der Waals surface area contributed by atoms with E-state index >= 15 is 0 Å². The van der Waals surface area contributed by atoms with E-state index in [4.69, 9.17) is 9.15 Å². The number of carbonyl (C=O) groups excluding carboxylic acids is 1. The zero-order chi connectivity index (χ0) is 16.8. The van der Waals surface area contributed by atoms with Crippen LogP contribution >= 0.6 is 0 Å². The fourth-order valence-electron chi connectivity index (χ4n) is 3.10. The number of ether oxygens (including phenoxy) is 1. The van der Waals surface area contributed by atoms with Crippen LogP contribution in [-0.2, 0) is 17.6 Å². The van der Waals surface area contributed by atoms with Gasteiger partial charge in [-0.3, -0.25) is 4.79 Å². The van der Waals surface area contributed by atoms with Gasteiger partial charge in [-0.15, -0.1) is 0 Å². The maximum Gasteiger partial charge on any atom is 0.276 e. The van der Waals surface area contributed by atoms with E-state index in [9.17, 15) is 4.79 Å². The summed E-state index contributed by atoms with van der Waals surface area (Å²) in [6.45, 7) is 3.79. The number of benzene rings is 1.